The van der Waals surface area contributed by atoms with Gasteiger partial charge in [-0.1, -0.05) is 23.7 Å². The molecule has 0 radical (unpaired) electrons. The molecule has 0 bridgehead atoms. The molecule has 2 aromatic carbocycles. The zero-order valence-corrected chi connectivity index (χ0v) is 15.1. The van der Waals surface area contributed by atoms with Gasteiger partial charge in [-0.3, -0.25) is 9.89 Å². The monoisotopic (exact) mass is 386 g/mol. The number of nitrogens with zero attached hydrogens (tertiary/aromatic N) is 2. The molecule has 0 spiro atoms. The summed E-state index contributed by atoms with van der Waals surface area (Å²) in [6.07, 6.45) is 1.75. The van der Waals surface area contributed by atoms with Gasteiger partial charge in [0, 0.05) is 23.2 Å². The van der Waals surface area contributed by atoms with Gasteiger partial charge < -0.3 is 10.5 Å². The highest BCUT2D eigenvalue weighted by molar-refractivity contribution is 6.30. The van der Waals surface area contributed by atoms with Crippen LogP contribution < -0.4 is 10.5 Å². The van der Waals surface area contributed by atoms with Crippen LogP contribution in [0, 0.1) is 5.82 Å². The third-order valence-corrected chi connectivity index (χ3v) is 4.09. The summed E-state index contributed by atoms with van der Waals surface area (Å²) in [5.74, 6) is -0.545. The lowest BCUT2D eigenvalue weighted by Crippen LogP contribution is -2.13. The standard InChI is InChI=1S/C19H16ClFN4O2/c1-27-16-6-5-14(21)9-12(16)10-23-19-17(18(22)26)15(24-25-19)8-11-3-2-4-13(20)7-11/h2-7,9-10H,8H2,1H3,(H2,22,26)(H,24,25). The first-order valence-electron chi connectivity index (χ1n) is 7.97. The molecule has 1 heterocycles. The number of aromatic amines is 1. The second-order valence-electron chi connectivity index (χ2n) is 5.72. The number of H-pyrrole nitrogens is 1. The molecule has 3 aromatic rings. The lowest BCUT2D eigenvalue weighted by molar-refractivity contribution is 0.100. The van der Waals surface area contributed by atoms with Crippen LogP contribution in [0.2, 0.25) is 5.02 Å². The van der Waals surface area contributed by atoms with Crippen molar-refractivity contribution in [3.8, 4) is 5.75 Å². The maximum absolute atomic E-state index is 13.5. The molecule has 3 rings (SSSR count). The fourth-order valence-corrected chi connectivity index (χ4v) is 2.85. The number of primary amides is 1. The van der Waals surface area contributed by atoms with Crippen LogP contribution in [-0.4, -0.2) is 29.4 Å². The van der Waals surface area contributed by atoms with Gasteiger partial charge in [0.2, 0.25) is 0 Å². The zero-order chi connectivity index (χ0) is 19.4. The predicted molar refractivity (Wildman–Crippen MR) is 102 cm³/mol. The summed E-state index contributed by atoms with van der Waals surface area (Å²) in [5, 5.41) is 7.43. The van der Waals surface area contributed by atoms with Crippen molar-refractivity contribution >= 4 is 29.5 Å². The summed E-state index contributed by atoms with van der Waals surface area (Å²) in [5.41, 5.74) is 7.49. The first-order valence-corrected chi connectivity index (χ1v) is 8.35. The van der Waals surface area contributed by atoms with Crippen LogP contribution in [0.4, 0.5) is 10.2 Å². The molecule has 0 saturated carbocycles. The Morgan fingerprint density at radius 3 is 2.89 bits per heavy atom. The number of methoxy groups -OCH3 is 1. The van der Waals surface area contributed by atoms with E-state index >= 15 is 0 Å². The highest BCUT2D eigenvalue weighted by Crippen LogP contribution is 2.24. The molecule has 0 atom stereocenters. The lowest BCUT2D eigenvalue weighted by atomic mass is 10.1. The summed E-state index contributed by atoms with van der Waals surface area (Å²) >= 11 is 5.99. The topological polar surface area (TPSA) is 93.4 Å². The van der Waals surface area contributed by atoms with Crippen LogP contribution in [0.15, 0.2) is 47.5 Å². The molecule has 1 aromatic heterocycles. The Balaban J connectivity index is 1.94. The molecule has 0 aliphatic heterocycles. The quantitative estimate of drug-likeness (QED) is 0.633. The van der Waals surface area contributed by atoms with Gasteiger partial charge in [0.05, 0.1) is 12.8 Å². The Morgan fingerprint density at radius 1 is 1.37 bits per heavy atom. The third-order valence-electron chi connectivity index (χ3n) is 3.86. The van der Waals surface area contributed by atoms with Gasteiger partial charge in [-0.2, -0.15) is 5.10 Å². The Bertz CT molecular complexity index is 1020. The number of rotatable bonds is 6. The number of carbonyl (C=O) groups excluding carboxylic acids is 1. The molecular formula is C19H16ClFN4O2. The Morgan fingerprint density at radius 2 is 2.19 bits per heavy atom. The second kappa shape index (κ2) is 8.01. The first kappa shape index (κ1) is 18.6. The summed E-state index contributed by atoms with van der Waals surface area (Å²) in [6, 6.07) is 11.3. The van der Waals surface area contributed by atoms with Gasteiger partial charge in [-0.05, 0) is 35.9 Å². The second-order valence-corrected chi connectivity index (χ2v) is 6.15. The molecule has 3 N–H and O–H groups in total. The van der Waals surface area contributed by atoms with E-state index in [1.165, 1.54) is 31.5 Å². The molecular weight excluding hydrogens is 371 g/mol. The predicted octanol–water partition coefficient (Wildman–Crippen LogP) is 3.65. The molecule has 8 heteroatoms. The van der Waals surface area contributed by atoms with Gasteiger partial charge >= 0.3 is 0 Å². The maximum atomic E-state index is 13.5. The number of hydrogen-bond acceptors (Lipinski definition) is 4. The summed E-state index contributed by atoms with van der Waals surface area (Å²) in [7, 11) is 1.47. The van der Waals surface area contributed by atoms with E-state index in [-0.39, 0.29) is 11.4 Å². The van der Waals surface area contributed by atoms with Gasteiger partial charge in [-0.15, -0.1) is 0 Å². The van der Waals surface area contributed by atoms with Crippen molar-refractivity contribution < 1.29 is 13.9 Å². The minimum Gasteiger partial charge on any atom is -0.496 e. The molecule has 0 aliphatic rings. The number of nitrogens with one attached hydrogen (secondary N) is 1. The number of ether oxygens (including phenoxy) is 1. The molecule has 0 aliphatic carbocycles. The van der Waals surface area contributed by atoms with Crippen LogP contribution in [-0.2, 0) is 6.42 Å². The van der Waals surface area contributed by atoms with Crippen molar-refractivity contribution in [2.24, 2.45) is 10.7 Å². The SMILES string of the molecule is COc1ccc(F)cc1C=Nc1n[nH]c(Cc2cccc(Cl)c2)c1C(N)=O. The fourth-order valence-electron chi connectivity index (χ4n) is 2.64. The van der Waals surface area contributed by atoms with E-state index in [0.717, 1.165) is 5.56 Å². The molecule has 0 unspecified atom stereocenters. The first-order chi connectivity index (χ1) is 13.0. The Hall–Kier alpha value is -3.19. The van der Waals surface area contributed by atoms with Crippen LogP contribution in [0.3, 0.4) is 0 Å². The average molecular weight is 387 g/mol. The van der Waals surface area contributed by atoms with Crippen molar-refractivity contribution in [3.05, 3.63) is 75.7 Å². The summed E-state index contributed by atoms with van der Waals surface area (Å²) < 4.78 is 18.6. The normalized spacial score (nSPS) is 11.1. The maximum Gasteiger partial charge on any atom is 0.254 e. The molecule has 27 heavy (non-hydrogen) atoms. The third kappa shape index (κ3) is 4.32. The minimum absolute atomic E-state index is 0.117. The average Bonchev–Trinajstić information content (AvgIpc) is 3.03. The van der Waals surface area contributed by atoms with E-state index in [1.54, 1.807) is 12.1 Å². The Labute approximate surface area is 159 Å². The number of benzene rings is 2. The zero-order valence-electron chi connectivity index (χ0n) is 14.4. The number of aliphatic imine (C=N–C) groups is 1. The lowest BCUT2D eigenvalue weighted by Gasteiger charge is -2.04. The number of carbonyl (C=O) groups is 1. The van der Waals surface area contributed by atoms with Gasteiger partial charge in [0.1, 0.15) is 17.1 Å². The summed E-state index contributed by atoms with van der Waals surface area (Å²) in [6.45, 7) is 0. The van der Waals surface area contributed by atoms with Gasteiger partial charge in [-0.25, -0.2) is 9.38 Å². The van der Waals surface area contributed by atoms with Crippen molar-refractivity contribution in [1.82, 2.24) is 10.2 Å². The molecule has 6 nitrogen and oxygen atoms in total. The van der Waals surface area contributed by atoms with E-state index < -0.39 is 11.7 Å². The van der Waals surface area contributed by atoms with Crippen molar-refractivity contribution in [2.75, 3.05) is 7.11 Å². The van der Waals surface area contributed by atoms with E-state index in [9.17, 15) is 9.18 Å². The fraction of sp³-hybridized carbons (Fsp3) is 0.105. The molecule has 0 saturated heterocycles. The molecule has 138 valence electrons. The van der Waals surface area contributed by atoms with Crippen molar-refractivity contribution in [2.45, 2.75) is 6.42 Å². The highest BCUT2D eigenvalue weighted by Gasteiger charge is 2.18. The highest BCUT2D eigenvalue weighted by atomic mass is 35.5. The van der Waals surface area contributed by atoms with E-state index in [0.29, 0.717) is 28.5 Å². The van der Waals surface area contributed by atoms with E-state index in [2.05, 4.69) is 15.2 Å². The largest absolute Gasteiger partial charge is 0.496 e. The van der Waals surface area contributed by atoms with Crippen molar-refractivity contribution in [1.29, 1.82) is 0 Å². The van der Waals surface area contributed by atoms with Crippen LogP contribution in [0.25, 0.3) is 0 Å². The number of nitrogens with two attached hydrogens (primary N) is 1. The smallest absolute Gasteiger partial charge is 0.254 e. The minimum atomic E-state index is -0.667. The number of halogens is 2. The Kier molecular flexibility index (Phi) is 5.52. The van der Waals surface area contributed by atoms with E-state index in [1.807, 2.05) is 12.1 Å². The molecule has 0 fully saturated rings. The van der Waals surface area contributed by atoms with Gasteiger partial charge in [0.15, 0.2) is 5.82 Å². The summed E-state index contributed by atoms with van der Waals surface area (Å²) in [4.78, 5) is 16.1. The van der Waals surface area contributed by atoms with Crippen LogP contribution in [0.5, 0.6) is 5.75 Å². The van der Waals surface area contributed by atoms with Crippen LogP contribution in [0.1, 0.15) is 27.2 Å². The number of hydrogen-bond donors (Lipinski definition) is 2. The van der Waals surface area contributed by atoms with Gasteiger partial charge in [0.25, 0.3) is 5.91 Å². The number of amides is 1. The molecule has 1 amide bonds. The van der Waals surface area contributed by atoms with Crippen molar-refractivity contribution in [3.63, 3.8) is 0 Å². The van der Waals surface area contributed by atoms with E-state index in [4.69, 9.17) is 22.1 Å². The number of aromatic nitrogens is 2. The van der Waals surface area contributed by atoms with Crippen LogP contribution >= 0.6 is 11.6 Å².